The molecular formula is C19H20ClN3O5S2. The van der Waals surface area contributed by atoms with Gasteiger partial charge in [0.25, 0.3) is 0 Å². The largest absolute Gasteiger partial charge is 0.480 e. The van der Waals surface area contributed by atoms with E-state index >= 15 is 0 Å². The van der Waals surface area contributed by atoms with Crippen LogP contribution in [0.3, 0.4) is 0 Å². The SMILES string of the molecule is CSc1c(Cl)ccc2c(=O)c3ccc(N(C)CCS(C)(=O)=O)nc3n(CC(=O)O)c12. The standard InChI is InChI=1S/C19H20ClN3O5S2/c1-22(8-9-30(3,27)28)14-7-5-12-17(26)11-4-6-13(20)18(29-2)16(11)23(10-15(24)25)19(12)21-14/h4-7H,8-10H2,1-3H3,(H,24,25). The van der Waals surface area contributed by atoms with Crippen LogP contribution in [0.4, 0.5) is 5.82 Å². The minimum Gasteiger partial charge on any atom is -0.480 e. The first kappa shape index (κ1) is 22.4. The van der Waals surface area contributed by atoms with Gasteiger partial charge in [0, 0.05) is 25.2 Å². The molecule has 0 saturated heterocycles. The molecule has 0 fully saturated rings. The number of halogens is 1. The Morgan fingerprint density at radius 2 is 1.93 bits per heavy atom. The quantitative estimate of drug-likeness (QED) is 0.415. The Kier molecular flexibility index (Phi) is 6.30. The highest BCUT2D eigenvalue weighted by Crippen LogP contribution is 2.34. The molecule has 2 aromatic heterocycles. The molecule has 2 heterocycles. The zero-order valence-corrected chi connectivity index (χ0v) is 18.9. The molecular weight excluding hydrogens is 450 g/mol. The number of aromatic nitrogens is 2. The molecule has 160 valence electrons. The van der Waals surface area contributed by atoms with Gasteiger partial charge in [-0.3, -0.25) is 9.59 Å². The lowest BCUT2D eigenvalue weighted by molar-refractivity contribution is -0.137. The zero-order chi connectivity index (χ0) is 22.2. The Labute approximate surface area is 182 Å². The molecule has 0 aliphatic rings. The lowest BCUT2D eigenvalue weighted by atomic mass is 10.1. The first-order valence-electron chi connectivity index (χ1n) is 8.84. The average molecular weight is 470 g/mol. The molecule has 1 N–H and O–H groups in total. The van der Waals surface area contributed by atoms with Gasteiger partial charge < -0.3 is 14.6 Å². The molecule has 0 spiro atoms. The Balaban J connectivity index is 2.33. The number of hydrogen-bond acceptors (Lipinski definition) is 7. The molecule has 30 heavy (non-hydrogen) atoms. The maximum absolute atomic E-state index is 13.1. The Morgan fingerprint density at radius 1 is 1.27 bits per heavy atom. The Hall–Kier alpha value is -2.30. The molecule has 0 aliphatic carbocycles. The summed E-state index contributed by atoms with van der Waals surface area (Å²) < 4.78 is 24.4. The molecule has 3 rings (SSSR count). The van der Waals surface area contributed by atoms with E-state index in [9.17, 15) is 23.1 Å². The van der Waals surface area contributed by atoms with Gasteiger partial charge in [-0.15, -0.1) is 11.8 Å². The Bertz CT molecular complexity index is 1320. The molecule has 0 unspecified atom stereocenters. The summed E-state index contributed by atoms with van der Waals surface area (Å²) in [7, 11) is -1.48. The van der Waals surface area contributed by atoms with Crippen LogP contribution in [0.15, 0.2) is 34.0 Å². The van der Waals surface area contributed by atoms with Gasteiger partial charge in [-0.1, -0.05) is 11.6 Å². The molecule has 0 aliphatic heterocycles. The minimum atomic E-state index is -3.16. The third-order valence-electron chi connectivity index (χ3n) is 4.64. The first-order chi connectivity index (χ1) is 14.0. The van der Waals surface area contributed by atoms with E-state index in [2.05, 4.69) is 4.98 Å². The summed E-state index contributed by atoms with van der Waals surface area (Å²) in [5, 5.41) is 10.5. The topological polar surface area (TPSA) is 110 Å². The van der Waals surface area contributed by atoms with Crippen LogP contribution in [0.5, 0.6) is 0 Å². The van der Waals surface area contributed by atoms with Gasteiger partial charge in [0.2, 0.25) is 0 Å². The van der Waals surface area contributed by atoms with Gasteiger partial charge in [0.05, 0.1) is 26.6 Å². The normalized spacial score (nSPS) is 11.9. The van der Waals surface area contributed by atoms with Crippen LogP contribution in [0, 0.1) is 0 Å². The summed E-state index contributed by atoms with van der Waals surface area (Å²) in [4.78, 5) is 31.5. The van der Waals surface area contributed by atoms with Crippen molar-refractivity contribution >= 4 is 66.9 Å². The van der Waals surface area contributed by atoms with Crippen LogP contribution in [0.2, 0.25) is 5.02 Å². The number of rotatable bonds is 7. The molecule has 0 bridgehead atoms. The van der Waals surface area contributed by atoms with Gasteiger partial charge in [0.15, 0.2) is 5.43 Å². The van der Waals surface area contributed by atoms with Crippen LogP contribution in [0.1, 0.15) is 0 Å². The van der Waals surface area contributed by atoms with E-state index in [4.69, 9.17) is 11.6 Å². The van der Waals surface area contributed by atoms with Crippen molar-refractivity contribution in [3.8, 4) is 0 Å². The van der Waals surface area contributed by atoms with E-state index in [1.165, 1.54) is 16.3 Å². The fraction of sp³-hybridized carbons (Fsp3) is 0.316. The van der Waals surface area contributed by atoms with Crippen molar-refractivity contribution in [2.45, 2.75) is 11.4 Å². The van der Waals surface area contributed by atoms with E-state index < -0.39 is 22.4 Å². The second kappa shape index (κ2) is 8.44. The summed E-state index contributed by atoms with van der Waals surface area (Å²) >= 11 is 7.63. The van der Waals surface area contributed by atoms with E-state index in [0.717, 1.165) is 6.26 Å². The number of thioether (sulfide) groups is 1. The predicted molar refractivity (Wildman–Crippen MR) is 121 cm³/mol. The number of fused-ring (bicyclic) bond motifs is 2. The smallest absolute Gasteiger partial charge is 0.323 e. The third-order valence-corrected chi connectivity index (χ3v) is 6.82. The number of carboxylic acids is 1. The van der Waals surface area contributed by atoms with Crippen LogP contribution >= 0.6 is 23.4 Å². The summed E-state index contributed by atoms with van der Waals surface area (Å²) in [6.07, 6.45) is 2.95. The maximum atomic E-state index is 13.1. The number of aliphatic carboxylic acids is 1. The van der Waals surface area contributed by atoms with Gasteiger partial charge in [-0.25, -0.2) is 13.4 Å². The second-order valence-electron chi connectivity index (χ2n) is 6.88. The van der Waals surface area contributed by atoms with Crippen molar-refractivity contribution in [1.82, 2.24) is 9.55 Å². The zero-order valence-electron chi connectivity index (χ0n) is 16.5. The number of benzene rings is 1. The molecule has 3 aromatic rings. The number of sulfone groups is 1. The third kappa shape index (κ3) is 4.40. The molecule has 0 radical (unpaired) electrons. The monoisotopic (exact) mass is 469 g/mol. The number of carboxylic acid groups (broad SMARTS) is 1. The highest BCUT2D eigenvalue weighted by atomic mass is 35.5. The van der Waals surface area contributed by atoms with Gasteiger partial charge >= 0.3 is 5.97 Å². The van der Waals surface area contributed by atoms with Crippen molar-refractivity contribution in [1.29, 1.82) is 0 Å². The van der Waals surface area contributed by atoms with E-state index in [1.54, 1.807) is 42.5 Å². The second-order valence-corrected chi connectivity index (χ2v) is 10.4. The van der Waals surface area contributed by atoms with Crippen molar-refractivity contribution in [2.75, 3.05) is 36.8 Å². The van der Waals surface area contributed by atoms with E-state index in [0.29, 0.717) is 26.6 Å². The summed E-state index contributed by atoms with van der Waals surface area (Å²) in [6, 6.07) is 6.41. The van der Waals surface area contributed by atoms with Gasteiger partial charge in [-0.05, 0) is 30.5 Å². The van der Waals surface area contributed by atoms with Gasteiger partial charge in [-0.2, -0.15) is 0 Å². The maximum Gasteiger partial charge on any atom is 0.323 e. The summed E-state index contributed by atoms with van der Waals surface area (Å²) in [5.74, 6) is -0.725. The minimum absolute atomic E-state index is 0.0604. The van der Waals surface area contributed by atoms with Crippen molar-refractivity contribution < 1.29 is 18.3 Å². The molecule has 0 atom stereocenters. The number of anilines is 1. The van der Waals surface area contributed by atoms with Crippen LogP contribution in [-0.2, 0) is 21.2 Å². The van der Waals surface area contributed by atoms with E-state index in [-0.39, 0.29) is 28.8 Å². The number of pyridine rings is 2. The van der Waals surface area contributed by atoms with Crippen molar-refractivity contribution in [3.63, 3.8) is 0 Å². The van der Waals surface area contributed by atoms with Crippen molar-refractivity contribution in [3.05, 3.63) is 39.5 Å². The fourth-order valence-electron chi connectivity index (χ4n) is 3.18. The lowest BCUT2D eigenvalue weighted by Gasteiger charge is -2.20. The molecule has 0 amide bonds. The van der Waals surface area contributed by atoms with Crippen LogP contribution in [-0.4, -0.2) is 60.9 Å². The molecule has 1 aromatic carbocycles. The number of nitrogens with zero attached hydrogens (tertiary/aromatic N) is 3. The van der Waals surface area contributed by atoms with Crippen molar-refractivity contribution in [2.24, 2.45) is 0 Å². The average Bonchev–Trinajstić information content (AvgIpc) is 2.67. The lowest BCUT2D eigenvalue weighted by Crippen LogP contribution is -2.26. The number of carbonyl (C=O) groups is 1. The molecule has 11 heteroatoms. The first-order valence-corrected chi connectivity index (χ1v) is 12.5. The van der Waals surface area contributed by atoms with Gasteiger partial charge in [0.1, 0.15) is 27.8 Å². The van der Waals surface area contributed by atoms with Crippen LogP contribution in [0.25, 0.3) is 21.9 Å². The highest BCUT2D eigenvalue weighted by Gasteiger charge is 2.19. The summed E-state index contributed by atoms with van der Waals surface area (Å²) in [6.45, 7) is -0.208. The molecule has 8 nitrogen and oxygen atoms in total. The highest BCUT2D eigenvalue weighted by molar-refractivity contribution is 7.99. The Morgan fingerprint density at radius 3 is 2.53 bits per heavy atom. The van der Waals surface area contributed by atoms with Crippen LogP contribution < -0.4 is 10.3 Å². The van der Waals surface area contributed by atoms with E-state index in [1.807, 2.05) is 0 Å². The summed E-state index contributed by atoms with van der Waals surface area (Å²) in [5.41, 5.74) is 0.348. The molecule has 0 saturated carbocycles. The number of hydrogen-bond donors (Lipinski definition) is 1. The predicted octanol–water partition coefficient (Wildman–Crippen LogP) is 2.49. The fourth-order valence-corrected chi connectivity index (χ4v) is 4.85.